The molecule has 1 fully saturated rings. The first kappa shape index (κ1) is 19.6. The van der Waals surface area contributed by atoms with Gasteiger partial charge >= 0.3 is 11.8 Å². The Labute approximate surface area is 162 Å². The van der Waals surface area contributed by atoms with Gasteiger partial charge in [-0.1, -0.05) is 6.07 Å². The van der Waals surface area contributed by atoms with Crippen LogP contribution in [0.25, 0.3) is 0 Å². The molecular weight excluding hydrogens is 362 g/mol. The molecule has 1 aliphatic rings. The molecule has 1 aromatic carbocycles. The number of piperidine rings is 1. The summed E-state index contributed by atoms with van der Waals surface area (Å²) < 4.78 is 10.5. The number of hydrogen-bond donors (Lipinski definition) is 2. The topological polar surface area (TPSA) is 101 Å². The van der Waals surface area contributed by atoms with Crippen LogP contribution in [0.15, 0.2) is 47.1 Å². The maximum atomic E-state index is 12.2. The molecule has 0 radical (unpaired) electrons. The van der Waals surface area contributed by atoms with Crippen LogP contribution in [0, 0.1) is 0 Å². The van der Waals surface area contributed by atoms with E-state index in [1.54, 1.807) is 35.2 Å². The largest absolute Gasteiger partial charge is 0.467 e. The minimum Gasteiger partial charge on any atom is -0.467 e. The van der Waals surface area contributed by atoms with Crippen molar-refractivity contribution >= 4 is 29.1 Å². The summed E-state index contributed by atoms with van der Waals surface area (Å²) in [6.45, 7) is 0.750. The number of carbonyl (C=O) groups excluding carboxylic acids is 3. The van der Waals surface area contributed by atoms with Crippen LogP contribution in [0.1, 0.15) is 31.1 Å². The second-order valence-corrected chi connectivity index (χ2v) is 6.46. The zero-order valence-corrected chi connectivity index (χ0v) is 15.6. The molecule has 3 amide bonds. The van der Waals surface area contributed by atoms with Crippen molar-refractivity contribution in [2.45, 2.75) is 25.4 Å². The zero-order valence-electron chi connectivity index (χ0n) is 15.6. The fourth-order valence-corrected chi connectivity index (χ4v) is 3.06. The van der Waals surface area contributed by atoms with Crippen molar-refractivity contribution in [3.05, 3.63) is 48.4 Å². The van der Waals surface area contributed by atoms with Gasteiger partial charge in [0.1, 0.15) is 11.9 Å². The van der Waals surface area contributed by atoms with Crippen LogP contribution in [-0.2, 0) is 19.1 Å². The van der Waals surface area contributed by atoms with Gasteiger partial charge in [0, 0.05) is 31.5 Å². The number of furan rings is 1. The first-order chi connectivity index (χ1) is 13.6. The third-order valence-corrected chi connectivity index (χ3v) is 4.54. The lowest BCUT2D eigenvalue weighted by molar-refractivity contribution is -0.136. The highest BCUT2D eigenvalue weighted by atomic mass is 16.5. The van der Waals surface area contributed by atoms with E-state index in [-0.39, 0.29) is 12.5 Å². The second kappa shape index (κ2) is 9.18. The molecule has 0 aliphatic carbocycles. The molecule has 1 atom stereocenters. The van der Waals surface area contributed by atoms with Crippen LogP contribution in [0.3, 0.4) is 0 Å². The maximum absolute atomic E-state index is 12.2. The number of methoxy groups -OCH3 is 1. The predicted octanol–water partition coefficient (Wildman–Crippen LogP) is 2.24. The number of nitrogens with one attached hydrogen (secondary N) is 2. The van der Waals surface area contributed by atoms with Gasteiger partial charge < -0.3 is 24.7 Å². The number of ether oxygens (including phenoxy) is 1. The number of rotatable bonds is 6. The van der Waals surface area contributed by atoms with E-state index in [1.165, 1.54) is 13.4 Å². The van der Waals surface area contributed by atoms with Gasteiger partial charge in [-0.05, 0) is 43.2 Å². The monoisotopic (exact) mass is 385 g/mol. The number of carbonyl (C=O) groups is 3. The predicted molar refractivity (Wildman–Crippen MR) is 103 cm³/mol. The van der Waals surface area contributed by atoms with Crippen molar-refractivity contribution in [2.75, 3.05) is 30.4 Å². The summed E-state index contributed by atoms with van der Waals surface area (Å²) >= 11 is 0. The molecule has 1 aromatic heterocycles. The van der Waals surface area contributed by atoms with Gasteiger partial charge in [0.2, 0.25) is 5.91 Å². The second-order valence-electron chi connectivity index (χ2n) is 6.46. The summed E-state index contributed by atoms with van der Waals surface area (Å²) in [5, 5.41) is 5.09. The van der Waals surface area contributed by atoms with E-state index in [2.05, 4.69) is 10.6 Å². The van der Waals surface area contributed by atoms with E-state index >= 15 is 0 Å². The van der Waals surface area contributed by atoms with Crippen LogP contribution in [0.2, 0.25) is 0 Å². The van der Waals surface area contributed by atoms with Crippen LogP contribution in [0.5, 0.6) is 0 Å². The van der Waals surface area contributed by atoms with Crippen molar-refractivity contribution < 1.29 is 23.5 Å². The fourth-order valence-electron chi connectivity index (χ4n) is 3.06. The summed E-state index contributed by atoms with van der Waals surface area (Å²) in [5.74, 6) is -0.956. The molecule has 8 nitrogen and oxygen atoms in total. The van der Waals surface area contributed by atoms with Gasteiger partial charge in [0.25, 0.3) is 0 Å². The van der Waals surface area contributed by atoms with E-state index in [9.17, 15) is 14.4 Å². The first-order valence-corrected chi connectivity index (χ1v) is 9.14. The summed E-state index contributed by atoms with van der Waals surface area (Å²) in [7, 11) is 1.49. The Morgan fingerprint density at radius 3 is 2.79 bits per heavy atom. The standard InChI is InChI=1S/C20H23N3O5/c1-27-17(16-8-5-11-28-16)13-21-19(25)20(26)22-14-6-4-7-15(12-14)23-10-3-2-9-18(23)24/h4-8,11-12,17H,2-3,9-10,13H2,1H3,(H,21,25)(H,22,26). The lowest BCUT2D eigenvalue weighted by atomic mass is 10.1. The molecule has 0 spiro atoms. The van der Waals surface area contributed by atoms with Gasteiger partial charge in [-0.2, -0.15) is 0 Å². The molecule has 2 heterocycles. The molecule has 2 aromatic rings. The van der Waals surface area contributed by atoms with Crippen LogP contribution in [-0.4, -0.2) is 37.9 Å². The molecule has 3 rings (SSSR count). The Hall–Kier alpha value is -3.13. The van der Waals surface area contributed by atoms with Gasteiger partial charge in [-0.15, -0.1) is 0 Å². The zero-order chi connectivity index (χ0) is 19.9. The molecule has 28 heavy (non-hydrogen) atoms. The van der Waals surface area contributed by atoms with Gasteiger partial charge in [0.15, 0.2) is 0 Å². The number of hydrogen-bond acceptors (Lipinski definition) is 5. The van der Waals surface area contributed by atoms with E-state index in [1.807, 2.05) is 6.07 Å². The lowest BCUT2D eigenvalue weighted by Gasteiger charge is -2.27. The van der Waals surface area contributed by atoms with E-state index < -0.39 is 17.9 Å². The third-order valence-electron chi connectivity index (χ3n) is 4.54. The summed E-state index contributed by atoms with van der Waals surface area (Å²) in [4.78, 5) is 38.1. The Morgan fingerprint density at radius 2 is 2.07 bits per heavy atom. The Kier molecular flexibility index (Phi) is 6.44. The third kappa shape index (κ3) is 4.77. The average Bonchev–Trinajstić information content (AvgIpc) is 3.23. The van der Waals surface area contributed by atoms with E-state index in [4.69, 9.17) is 9.15 Å². The van der Waals surface area contributed by atoms with Crippen molar-refractivity contribution in [1.82, 2.24) is 5.32 Å². The van der Waals surface area contributed by atoms with Crippen molar-refractivity contribution in [3.8, 4) is 0 Å². The highest BCUT2D eigenvalue weighted by molar-refractivity contribution is 6.39. The number of nitrogens with zero attached hydrogens (tertiary/aromatic N) is 1. The summed E-state index contributed by atoms with van der Waals surface area (Å²) in [6.07, 6.45) is 3.39. The Bertz CT molecular complexity index is 834. The Balaban J connectivity index is 1.57. The highest BCUT2D eigenvalue weighted by Gasteiger charge is 2.21. The van der Waals surface area contributed by atoms with Crippen LogP contribution >= 0.6 is 0 Å². The van der Waals surface area contributed by atoms with Crippen LogP contribution < -0.4 is 15.5 Å². The molecule has 1 saturated heterocycles. The van der Waals surface area contributed by atoms with E-state index in [0.717, 1.165) is 12.8 Å². The molecule has 1 aliphatic heterocycles. The molecule has 2 N–H and O–H groups in total. The lowest BCUT2D eigenvalue weighted by Crippen LogP contribution is -2.38. The van der Waals surface area contributed by atoms with Crippen molar-refractivity contribution in [3.63, 3.8) is 0 Å². The van der Waals surface area contributed by atoms with E-state index in [0.29, 0.717) is 30.1 Å². The number of anilines is 2. The molecule has 0 saturated carbocycles. The first-order valence-electron chi connectivity index (χ1n) is 9.14. The summed E-state index contributed by atoms with van der Waals surface area (Å²) in [5.41, 5.74) is 1.16. The molecule has 1 unspecified atom stereocenters. The van der Waals surface area contributed by atoms with Gasteiger partial charge in [-0.3, -0.25) is 14.4 Å². The molecule has 0 bridgehead atoms. The smallest absolute Gasteiger partial charge is 0.313 e. The molecule has 148 valence electrons. The molecular formula is C20H23N3O5. The Morgan fingerprint density at radius 1 is 1.21 bits per heavy atom. The number of amides is 3. The summed E-state index contributed by atoms with van der Waals surface area (Å²) in [6, 6.07) is 10.4. The fraction of sp³-hybridized carbons (Fsp3) is 0.350. The quantitative estimate of drug-likeness (QED) is 0.743. The highest BCUT2D eigenvalue weighted by Crippen LogP contribution is 2.24. The maximum Gasteiger partial charge on any atom is 0.313 e. The van der Waals surface area contributed by atoms with Gasteiger partial charge in [0.05, 0.1) is 12.8 Å². The number of benzene rings is 1. The SMILES string of the molecule is COC(CNC(=O)C(=O)Nc1cccc(N2CCCCC2=O)c1)c1ccco1. The van der Waals surface area contributed by atoms with Crippen LogP contribution in [0.4, 0.5) is 11.4 Å². The molecule has 8 heteroatoms. The average molecular weight is 385 g/mol. The normalized spacial score (nSPS) is 15.2. The minimum absolute atomic E-state index is 0.0657. The van der Waals surface area contributed by atoms with Crippen molar-refractivity contribution in [1.29, 1.82) is 0 Å². The minimum atomic E-state index is -0.795. The van der Waals surface area contributed by atoms with Gasteiger partial charge in [-0.25, -0.2) is 0 Å². The van der Waals surface area contributed by atoms with Crippen molar-refractivity contribution in [2.24, 2.45) is 0 Å².